The highest BCUT2D eigenvalue weighted by Gasteiger charge is 2.33. The monoisotopic (exact) mass is 390 g/mol. The van der Waals surface area contributed by atoms with E-state index in [4.69, 9.17) is 0 Å². The van der Waals surface area contributed by atoms with Crippen LogP contribution in [0.3, 0.4) is 0 Å². The van der Waals surface area contributed by atoms with Gasteiger partial charge in [-0.15, -0.1) is 0 Å². The van der Waals surface area contributed by atoms with E-state index in [1.54, 1.807) is 0 Å². The standard InChI is InChI=1S/C25H30N2O2/c28-24(15-10-19-6-2-1-3-7-19)26-23-13-11-21(12-14-23)25(29)27-17-16-20-8-4-5-9-22(20)18-27/h1-3,6-7,11-14,20,22H,4-5,8-10,15-18H2,(H,26,28)/t20-,22+/m1/s1. The number of hydrogen-bond acceptors (Lipinski definition) is 2. The van der Waals surface area contributed by atoms with Gasteiger partial charge in [0.15, 0.2) is 0 Å². The number of fused-ring (bicyclic) bond motifs is 1. The fourth-order valence-corrected chi connectivity index (χ4v) is 4.79. The molecule has 1 heterocycles. The van der Waals surface area contributed by atoms with Crippen molar-refractivity contribution in [1.82, 2.24) is 4.90 Å². The molecule has 4 rings (SSSR count). The predicted molar refractivity (Wildman–Crippen MR) is 116 cm³/mol. The Morgan fingerprint density at radius 3 is 2.38 bits per heavy atom. The van der Waals surface area contributed by atoms with Gasteiger partial charge in [0.2, 0.25) is 5.91 Å². The summed E-state index contributed by atoms with van der Waals surface area (Å²) in [5.74, 6) is 1.62. The summed E-state index contributed by atoms with van der Waals surface area (Å²) in [6.45, 7) is 1.78. The van der Waals surface area contributed by atoms with E-state index >= 15 is 0 Å². The largest absolute Gasteiger partial charge is 0.338 e. The first-order valence-electron chi connectivity index (χ1n) is 10.9. The summed E-state index contributed by atoms with van der Waals surface area (Å²) in [6.07, 6.45) is 7.58. The van der Waals surface area contributed by atoms with Crippen molar-refractivity contribution in [3.05, 3.63) is 65.7 Å². The lowest BCUT2D eigenvalue weighted by Gasteiger charge is -2.41. The van der Waals surface area contributed by atoms with Crippen LogP contribution < -0.4 is 5.32 Å². The number of piperidine rings is 1. The Morgan fingerprint density at radius 2 is 1.62 bits per heavy atom. The third kappa shape index (κ3) is 5.06. The lowest BCUT2D eigenvalue weighted by atomic mass is 9.75. The van der Waals surface area contributed by atoms with Gasteiger partial charge >= 0.3 is 0 Å². The first-order chi connectivity index (χ1) is 14.2. The maximum atomic E-state index is 12.9. The number of benzene rings is 2. The molecule has 2 aromatic rings. The SMILES string of the molecule is O=C(CCc1ccccc1)Nc1ccc(C(=O)N2CC[C@H]3CCCC[C@H]3C2)cc1. The number of nitrogens with one attached hydrogen (secondary N) is 1. The van der Waals surface area contributed by atoms with Crippen molar-refractivity contribution in [3.63, 3.8) is 0 Å². The van der Waals surface area contributed by atoms with Crippen LogP contribution in [0, 0.1) is 11.8 Å². The molecule has 0 unspecified atom stereocenters. The van der Waals surface area contributed by atoms with Gasteiger partial charge in [0.05, 0.1) is 0 Å². The number of hydrogen-bond donors (Lipinski definition) is 1. The third-order valence-corrected chi connectivity index (χ3v) is 6.48. The minimum Gasteiger partial charge on any atom is -0.338 e. The molecule has 2 atom stereocenters. The van der Waals surface area contributed by atoms with Crippen molar-refractivity contribution < 1.29 is 9.59 Å². The smallest absolute Gasteiger partial charge is 0.253 e. The molecule has 1 saturated heterocycles. The summed E-state index contributed by atoms with van der Waals surface area (Å²) in [7, 11) is 0. The molecule has 1 N–H and O–H groups in total. The maximum Gasteiger partial charge on any atom is 0.253 e. The first kappa shape index (κ1) is 19.7. The summed E-state index contributed by atoms with van der Waals surface area (Å²) >= 11 is 0. The lowest BCUT2D eigenvalue weighted by molar-refractivity contribution is -0.116. The molecule has 0 radical (unpaired) electrons. The Morgan fingerprint density at radius 1 is 0.897 bits per heavy atom. The normalized spacial score (nSPS) is 21.3. The first-order valence-corrected chi connectivity index (χ1v) is 10.9. The molecule has 152 valence electrons. The van der Waals surface area contributed by atoms with Crippen LogP contribution in [-0.2, 0) is 11.2 Å². The van der Waals surface area contributed by atoms with Crippen LogP contribution >= 0.6 is 0 Å². The summed E-state index contributed by atoms with van der Waals surface area (Å²) < 4.78 is 0. The molecular weight excluding hydrogens is 360 g/mol. The van der Waals surface area contributed by atoms with Crippen LogP contribution in [0.4, 0.5) is 5.69 Å². The predicted octanol–water partition coefficient (Wildman–Crippen LogP) is 4.91. The Bertz CT molecular complexity index is 832. The Kier molecular flexibility index (Phi) is 6.28. The van der Waals surface area contributed by atoms with Crippen LogP contribution in [0.1, 0.15) is 54.4 Å². The number of carbonyl (C=O) groups excluding carboxylic acids is 2. The van der Waals surface area contributed by atoms with E-state index in [2.05, 4.69) is 5.32 Å². The molecule has 2 fully saturated rings. The molecule has 1 saturated carbocycles. The minimum absolute atomic E-state index is 0.00713. The second-order valence-electron chi connectivity index (χ2n) is 8.46. The Hall–Kier alpha value is -2.62. The van der Waals surface area contributed by atoms with Crippen molar-refractivity contribution in [2.75, 3.05) is 18.4 Å². The van der Waals surface area contributed by atoms with Crippen LogP contribution in [0.5, 0.6) is 0 Å². The number of rotatable bonds is 5. The number of carbonyl (C=O) groups is 2. The molecular formula is C25H30N2O2. The molecule has 4 nitrogen and oxygen atoms in total. The molecule has 0 spiro atoms. The van der Waals surface area contributed by atoms with Gasteiger partial charge in [-0.3, -0.25) is 9.59 Å². The molecule has 2 aromatic carbocycles. The maximum absolute atomic E-state index is 12.9. The van der Waals surface area contributed by atoms with Gasteiger partial charge in [-0.1, -0.05) is 49.6 Å². The van der Waals surface area contributed by atoms with E-state index < -0.39 is 0 Å². The van der Waals surface area contributed by atoms with Crippen LogP contribution in [0.2, 0.25) is 0 Å². The van der Waals surface area contributed by atoms with Crippen LogP contribution in [-0.4, -0.2) is 29.8 Å². The number of anilines is 1. The van der Waals surface area contributed by atoms with E-state index in [0.717, 1.165) is 43.1 Å². The molecule has 0 bridgehead atoms. The zero-order valence-electron chi connectivity index (χ0n) is 17.0. The average Bonchev–Trinajstić information content (AvgIpc) is 2.78. The quantitative estimate of drug-likeness (QED) is 0.788. The highest BCUT2D eigenvalue weighted by molar-refractivity contribution is 5.96. The molecule has 2 amide bonds. The lowest BCUT2D eigenvalue weighted by Crippen LogP contribution is -2.44. The Balaban J connectivity index is 1.29. The highest BCUT2D eigenvalue weighted by Crippen LogP contribution is 2.36. The summed E-state index contributed by atoms with van der Waals surface area (Å²) in [4.78, 5) is 27.1. The van der Waals surface area contributed by atoms with Crippen molar-refractivity contribution in [2.45, 2.75) is 44.9 Å². The highest BCUT2D eigenvalue weighted by atomic mass is 16.2. The average molecular weight is 391 g/mol. The van der Waals surface area contributed by atoms with E-state index in [0.29, 0.717) is 17.9 Å². The minimum atomic E-state index is -0.00713. The van der Waals surface area contributed by atoms with Gasteiger partial charge in [-0.05, 0) is 60.9 Å². The zero-order valence-corrected chi connectivity index (χ0v) is 17.0. The fourth-order valence-electron chi connectivity index (χ4n) is 4.79. The molecule has 1 aliphatic heterocycles. The number of nitrogens with zero attached hydrogens (tertiary/aromatic N) is 1. The van der Waals surface area contributed by atoms with Crippen molar-refractivity contribution in [2.24, 2.45) is 11.8 Å². The van der Waals surface area contributed by atoms with E-state index in [-0.39, 0.29) is 11.8 Å². The van der Waals surface area contributed by atoms with E-state index in [9.17, 15) is 9.59 Å². The molecule has 29 heavy (non-hydrogen) atoms. The van der Waals surface area contributed by atoms with Gasteiger partial charge in [0, 0.05) is 30.8 Å². The molecule has 0 aromatic heterocycles. The van der Waals surface area contributed by atoms with Crippen LogP contribution in [0.25, 0.3) is 0 Å². The van der Waals surface area contributed by atoms with Crippen molar-refractivity contribution >= 4 is 17.5 Å². The van der Waals surface area contributed by atoms with Gasteiger partial charge in [0.1, 0.15) is 0 Å². The summed E-state index contributed by atoms with van der Waals surface area (Å²) in [5, 5.41) is 2.93. The van der Waals surface area contributed by atoms with Gasteiger partial charge in [-0.2, -0.15) is 0 Å². The molecule has 1 aliphatic carbocycles. The topological polar surface area (TPSA) is 49.4 Å². The second kappa shape index (κ2) is 9.25. The van der Waals surface area contributed by atoms with Gasteiger partial charge < -0.3 is 10.2 Å². The number of amides is 2. The van der Waals surface area contributed by atoms with Gasteiger partial charge in [-0.25, -0.2) is 0 Å². The zero-order chi connectivity index (χ0) is 20.1. The summed E-state index contributed by atoms with van der Waals surface area (Å²) in [5.41, 5.74) is 2.61. The second-order valence-corrected chi connectivity index (χ2v) is 8.46. The van der Waals surface area contributed by atoms with E-state index in [1.165, 1.54) is 25.7 Å². The van der Waals surface area contributed by atoms with Crippen molar-refractivity contribution in [3.8, 4) is 0 Å². The van der Waals surface area contributed by atoms with Crippen LogP contribution in [0.15, 0.2) is 54.6 Å². The van der Waals surface area contributed by atoms with Gasteiger partial charge in [0.25, 0.3) is 5.91 Å². The molecule has 2 aliphatic rings. The van der Waals surface area contributed by atoms with Crippen molar-refractivity contribution in [1.29, 1.82) is 0 Å². The number of likely N-dealkylation sites (tertiary alicyclic amines) is 1. The molecule has 4 heteroatoms. The number of aryl methyl sites for hydroxylation is 1. The Labute approximate surface area is 173 Å². The summed E-state index contributed by atoms with van der Waals surface area (Å²) in [6, 6.07) is 17.4. The fraction of sp³-hybridized carbons (Fsp3) is 0.440. The van der Waals surface area contributed by atoms with E-state index in [1.807, 2.05) is 59.5 Å². The third-order valence-electron chi connectivity index (χ3n) is 6.48.